The maximum absolute atomic E-state index is 11.9. The van der Waals surface area contributed by atoms with Crippen LogP contribution in [0.25, 0.3) is 0 Å². The van der Waals surface area contributed by atoms with Gasteiger partial charge in [-0.05, 0) is 19.3 Å². The van der Waals surface area contributed by atoms with Gasteiger partial charge in [0.1, 0.15) is 0 Å². The topological polar surface area (TPSA) is 58.2 Å². The van der Waals surface area contributed by atoms with Crippen molar-refractivity contribution >= 4 is 11.8 Å². The minimum Gasteiger partial charge on any atom is -0.356 e. The van der Waals surface area contributed by atoms with Crippen molar-refractivity contribution < 1.29 is 9.59 Å². The van der Waals surface area contributed by atoms with Gasteiger partial charge in [0.2, 0.25) is 11.8 Å². The Hall–Kier alpha value is -1.06. The molecule has 0 aliphatic carbocycles. The first-order chi connectivity index (χ1) is 16.2. The van der Waals surface area contributed by atoms with Crippen LogP contribution in [0.2, 0.25) is 0 Å². The average molecular weight is 467 g/mol. The van der Waals surface area contributed by atoms with Gasteiger partial charge in [-0.25, -0.2) is 0 Å². The van der Waals surface area contributed by atoms with E-state index in [1.54, 1.807) is 0 Å². The van der Waals surface area contributed by atoms with Crippen molar-refractivity contribution in [1.82, 2.24) is 10.6 Å². The SMILES string of the molecule is CCCCCCCCCCCCNC(=O)CCCC(=O)NCCCCCCCCCCCC. The summed E-state index contributed by atoms with van der Waals surface area (Å²) in [5, 5.41) is 6.00. The van der Waals surface area contributed by atoms with Crippen LogP contribution < -0.4 is 10.6 Å². The molecule has 0 spiro atoms. The molecule has 0 aliphatic heterocycles. The van der Waals surface area contributed by atoms with Gasteiger partial charge >= 0.3 is 0 Å². The van der Waals surface area contributed by atoms with Gasteiger partial charge in [-0.15, -0.1) is 0 Å². The highest BCUT2D eigenvalue weighted by Gasteiger charge is 2.05. The number of rotatable bonds is 26. The molecule has 0 aromatic rings. The molecule has 0 aromatic carbocycles. The van der Waals surface area contributed by atoms with Crippen LogP contribution in [0.4, 0.5) is 0 Å². The molecule has 0 radical (unpaired) electrons. The molecular formula is C29H58N2O2. The van der Waals surface area contributed by atoms with Gasteiger partial charge in [0.25, 0.3) is 0 Å². The molecule has 0 aliphatic rings. The zero-order valence-electron chi connectivity index (χ0n) is 22.5. The van der Waals surface area contributed by atoms with Crippen molar-refractivity contribution in [2.75, 3.05) is 13.1 Å². The van der Waals surface area contributed by atoms with E-state index in [4.69, 9.17) is 0 Å². The summed E-state index contributed by atoms with van der Waals surface area (Å²) in [5.41, 5.74) is 0. The van der Waals surface area contributed by atoms with Crippen LogP contribution >= 0.6 is 0 Å². The average Bonchev–Trinajstić information content (AvgIpc) is 2.81. The highest BCUT2D eigenvalue weighted by atomic mass is 16.2. The van der Waals surface area contributed by atoms with Crippen LogP contribution in [0, 0.1) is 0 Å². The first-order valence-corrected chi connectivity index (χ1v) is 14.7. The monoisotopic (exact) mass is 466 g/mol. The minimum atomic E-state index is 0.0911. The van der Waals surface area contributed by atoms with Crippen molar-refractivity contribution in [2.24, 2.45) is 0 Å². The van der Waals surface area contributed by atoms with E-state index in [1.165, 1.54) is 116 Å². The Bertz CT molecular complexity index is 388. The maximum Gasteiger partial charge on any atom is 0.220 e. The molecular weight excluding hydrogens is 408 g/mol. The Kier molecular flexibility index (Phi) is 26.3. The van der Waals surface area contributed by atoms with Crippen LogP contribution in [0.5, 0.6) is 0 Å². The summed E-state index contributed by atoms with van der Waals surface area (Å²) >= 11 is 0. The second kappa shape index (κ2) is 27.2. The highest BCUT2D eigenvalue weighted by Crippen LogP contribution is 2.11. The molecule has 4 heteroatoms. The zero-order chi connectivity index (χ0) is 24.2. The number of carbonyl (C=O) groups is 2. The molecule has 0 fully saturated rings. The predicted molar refractivity (Wildman–Crippen MR) is 144 cm³/mol. The van der Waals surface area contributed by atoms with Crippen LogP contribution in [-0.4, -0.2) is 24.9 Å². The predicted octanol–water partition coefficient (Wildman–Crippen LogP) is 8.23. The Morgan fingerprint density at radius 2 is 0.667 bits per heavy atom. The van der Waals surface area contributed by atoms with E-state index in [9.17, 15) is 9.59 Å². The largest absolute Gasteiger partial charge is 0.356 e. The van der Waals surface area contributed by atoms with Crippen molar-refractivity contribution in [1.29, 1.82) is 0 Å². The molecule has 4 nitrogen and oxygen atoms in total. The van der Waals surface area contributed by atoms with E-state index in [0.29, 0.717) is 19.3 Å². The van der Waals surface area contributed by atoms with Gasteiger partial charge in [-0.2, -0.15) is 0 Å². The fraction of sp³-hybridized carbons (Fsp3) is 0.931. The fourth-order valence-electron chi connectivity index (χ4n) is 4.27. The normalized spacial score (nSPS) is 11.0. The van der Waals surface area contributed by atoms with Gasteiger partial charge in [0, 0.05) is 25.9 Å². The molecule has 0 saturated carbocycles. The molecule has 0 bridgehead atoms. The van der Waals surface area contributed by atoms with Crippen molar-refractivity contribution in [3.8, 4) is 0 Å². The maximum atomic E-state index is 11.9. The van der Waals surface area contributed by atoms with E-state index < -0.39 is 0 Å². The summed E-state index contributed by atoms with van der Waals surface area (Å²) in [4.78, 5) is 23.8. The van der Waals surface area contributed by atoms with Crippen LogP contribution in [0.3, 0.4) is 0 Å². The molecule has 0 rings (SSSR count). The van der Waals surface area contributed by atoms with E-state index in [2.05, 4.69) is 24.5 Å². The number of hydrogen-bond donors (Lipinski definition) is 2. The Labute approximate surface area is 206 Å². The lowest BCUT2D eigenvalue weighted by Gasteiger charge is -2.07. The first kappa shape index (κ1) is 31.9. The third-order valence-electron chi connectivity index (χ3n) is 6.51. The fourth-order valence-corrected chi connectivity index (χ4v) is 4.27. The van der Waals surface area contributed by atoms with Crippen molar-refractivity contribution in [3.63, 3.8) is 0 Å². The van der Waals surface area contributed by atoms with Crippen molar-refractivity contribution in [2.45, 2.75) is 162 Å². The van der Waals surface area contributed by atoms with E-state index in [-0.39, 0.29) is 11.8 Å². The van der Waals surface area contributed by atoms with Gasteiger partial charge in [0.15, 0.2) is 0 Å². The van der Waals surface area contributed by atoms with Gasteiger partial charge < -0.3 is 10.6 Å². The highest BCUT2D eigenvalue weighted by molar-refractivity contribution is 5.78. The molecule has 0 unspecified atom stereocenters. The molecule has 0 heterocycles. The molecule has 0 atom stereocenters. The van der Waals surface area contributed by atoms with Crippen LogP contribution in [0.15, 0.2) is 0 Å². The van der Waals surface area contributed by atoms with Crippen LogP contribution in [-0.2, 0) is 9.59 Å². The van der Waals surface area contributed by atoms with E-state index >= 15 is 0 Å². The number of hydrogen-bond acceptors (Lipinski definition) is 2. The quantitative estimate of drug-likeness (QED) is 0.126. The van der Waals surface area contributed by atoms with Gasteiger partial charge in [-0.3, -0.25) is 9.59 Å². The van der Waals surface area contributed by atoms with Gasteiger partial charge in [-0.1, -0.05) is 129 Å². The summed E-state index contributed by atoms with van der Waals surface area (Å²) in [5.74, 6) is 0.182. The standard InChI is InChI=1S/C29H58N2O2/c1-3-5-7-9-11-13-15-17-19-21-26-30-28(32)24-23-25-29(33)31-27-22-20-18-16-14-12-10-8-6-4-2/h3-27H2,1-2H3,(H,30,32)(H,31,33). The van der Waals surface area contributed by atoms with Gasteiger partial charge in [0.05, 0.1) is 0 Å². The summed E-state index contributed by atoms with van der Waals surface area (Å²) in [6, 6.07) is 0. The third-order valence-corrected chi connectivity index (χ3v) is 6.51. The third kappa shape index (κ3) is 27.1. The zero-order valence-corrected chi connectivity index (χ0v) is 22.5. The molecule has 196 valence electrons. The Morgan fingerprint density at radius 1 is 0.394 bits per heavy atom. The van der Waals surface area contributed by atoms with E-state index in [1.807, 2.05) is 0 Å². The summed E-state index contributed by atoms with van der Waals surface area (Å²) in [6.07, 6.45) is 27.8. The summed E-state index contributed by atoms with van der Waals surface area (Å²) < 4.78 is 0. The smallest absolute Gasteiger partial charge is 0.220 e. The number of nitrogens with one attached hydrogen (secondary N) is 2. The second-order valence-corrected chi connectivity index (χ2v) is 9.92. The van der Waals surface area contributed by atoms with Crippen LogP contribution in [0.1, 0.15) is 162 Å². The molecule has 0 aromatic heterocycles. The first-order valence-electron chi connectivity index (χ1n) is 14.7. The number of carbonyl (C=O) groups excluding carboxylic acids is 2. The lowest BCUT2D eigenvalue weighted by molar-refractivity contribution is -0.122. The molecule has 2 N–H and O–H groups in total. The number of unbranched alkanes of at least 4 members (excludes halogenated alkanes) is 18. The minimum absolute atomic E-state index is 0.0911. The lowest BCUT2D eigenvalue weighted by Crippen LogP contribution is -2.26. The number of amides is 2. The Balaban J connectivity index is 3.29. The summed E-state index contributed by atoms with van der Waals surface area (Å²) in [6.45, 7) is 6.08. The molecule has 2 amide bonds. The van der Waals surface area contributed by atoms with E-state index in [0.717, 1.165) is 25.9 Å². The molecule has 33 heavy (non-hydrogen) atoms. The summed E-state index contributed by atoms with van der Waals surface area (Å²) in [7, 11) is 0. The Morgan fingerprint density at radius 3 is 0.970 bits per heavy atom. The second-order valence-electron chi connectivity index (χ2n) is 9.92. The van der Waals surface area contributed by atoms with Crippen molar-refractivity contribution in [3.05, 3.63) is 0 Å². The molecule has 0 saturated heterocycles. The lowest BCUT2D eigenvalue weighted by atomic mass is 10.1.